The van der Waals surface area contributed by atoms with Crippen molar-refractivity contribution in [3.63, 3.8) is 0 Å². The van der Waals surface area contributed by atoms with E-state index in [1.54, 1.807) is 6.07 Å². The van der Waals surface area contributed by atoms with Crippen LogP contribution in [0.3, 0.4) is 0 Å². The second kappa shape index (κ2) is 19.4. The molecule has 0 saturated carbocycles. The first kappa shape index (κ1) is 43.5. The van der Waals surface area contributed by atoms with Gasteiger partial charge in [-0.3, -0.25) is 19.2 Å². The first-order valence-corrected chi connectivity index (χ1v) is 20.5. The lowest BCUT2D eigenvalue weighted by Gasteiger charge is -2.33. The number of sulfone groups is 1. The van der Waals surface area contributed by atoms with Crippen LogP contribution in [0.25, 0.3) is 11.1 Å². The molecular weight excluding hydrogens is 845 g/mol. The molecule has 7 rings (SSSR count). The van der Waals surface area contributed by atoms with E-state index in [2.05, 4.69) is 14.7 Å². The summed E-state index contributed by atoms with van der Waals surface area (Å²) in [6, 6.07) is 10.2. The average Bonchev–Trinajstić information content (AvgIpc) is 4.07. The topological polar surface area (TPSA) is 246 Å². The van der Waals surface area contributed by atoms with Crippen LogP contribution in [0.4, 0.5) is 0 Å². The molecule has 1 aromatic heterocycles. The number of piperazine rings is 1. The molecule has 0 spiro atoms. The third-order valence-corrected chi connectivity index (χ3v) is 11.5. The van der Waals surface area contributed by atoms with Crippen molar-refractivity contribution in [3.8, 4) is 51.5 Å². The zero-order valence-corrected chi connectivity index (χ0v) is 34.6. The molecule has 0 bridgehead atoms. The molecule has 3 aromatic carbocycles. The minimum Gasteiger partial charge on any atom is -0.493 e. The van der Waals surface area contributed by atoms with Crippen LogP contribution in [-0.2, 0) is 33.6 Å². The number of carbonyl (C=O) groups excluding carboxylic acids is 3. The van der Waals surface area contributed by atoms with Crippen LogP contribution in [0.15, 0.2) is 57.0 Å². The molecule has 62 heavy (non-hydrogen) atoms. The smallest absolute Gasteiger partial charge is 0.415 e. The van der Waals surface area contributed by atoms with Crippen molar-refractivity contribution >= 4 is 27.7 Å². The van der Waals surface area contributed by atoms with E-state index in [0.29, 0.717) is 32.7 Å². The molecule has 0 N–H and O–H groups in total. The normalized spacial score (nSPS) is 14.6. The molecule has 332 valence electrons. The number of aromatic nitrogens is 2. The van der Waals surface area contributed by atoms with Crippen LogP contribution in [0, 0.1) is 5.21 Å². The highest BCUT2D eigenvalue weighted by molar-refractivity contribution is 7.91. The van der Waals surface area contributed by atoms with E-state index >= 15 is 0 Å². The van der Waals surface area contributed by atoms with Crippen LogP contribution in [0.5, 0.6) is 40.4 Å². The Labute approximate surface area is 353 Å². The molecule has 23 heteroatoms. The van der Waals surface area contributed by atoms with Crippen LogP contribution in [-0.4, -0.2) is 149 Å². The first-order valence-electron chi connectivity index (χ1n) is 19.0. The van der Waals surface area contributed by atoms with Gasteiger partial charge in [0.1, 0.15) is 19.8 Å². The number of hydrogen-bond acceptors (Lipinski definition) is 21. The van der Waals surface area contributed by atoms with Crippen molar-refractivity contribution < 1.29 is 84.4 Å². The Kier molecular flexibility index (Phi) is 13.6. The summed E-state index contributed by atoms with van der Waals surface area (Å²) in [6.07, 6.45) is 0. The fraction of sp³-hybridized carbons (Fsp3) is 0.410. The van der Waals surface area contributed by atoms with Crippen molar-refractivity contribution in [1.29, 1.82) is 0 Å². The Bertz CT molecular complexity index is 2380. The number of carbonyl (C=O) groups is 3. The minimum atomic E-state index is -4.25. The quantitative estimate of drug-likeness (QED) is 0.0560. The van der Waals surface area contributed by atoms with Crippen LogP contribution in [0.1, 0.15) is 20.7 Å². The monoisotopic (exact) mass is 886 g/mol. The summed E-state index contributed by atoms with van der Waals surface area (Å²) in [7, 11) is -0.207. The lowest BCUT2D eigenvalue weighted by Crippen LogP contribution is -2.49. The van der Waals surface area contributed by atoms with E-state index in [1.807, 2.05) is 4.90 Å². The maximum Gasteiger partial charge on any atom is 0.415 e. The van der Waals surface area contributed by atoms with E-state index in [0.717, 1.165) is 0 Å². The summed E-state index contributed by atoms with van der Waals surface area (Å²) < 4.78 is 91.0. The second-order valence-electron chi connectivity index (χ2n) is 13.4. The molecule has 0 aliphatic carbocycles. The third-order valence-electron chi connectivity index (χ3n) is 9.80. The van der Waals surface area contributed by atoms with E-state index in [1.165, 1.54) is 57.7 Å². The van der Waals surface area contributed by atoms with Crippen LogP contribution >= 0.6 is 0 Å². The highest BCUT2D eigenvalue weighted by Crippen LogP contribution is 2.56. The summed E-state index contributed by atoms with van der Waals surface area (Å²) >= 11 is 0. The molecular formula is C39H42N4O18S. The summed E-state index contributed by atoms with van der Waals surface area (Å²) in [5, 5.41) is 14.6. The van der Waals surface area contributed by atoms with Gasteiger partial charge in [-0.15, -0.1) is 0 Å². The van der Waals surface area contributed by atoms with Crippen molar-refractivity contribution in [1.82, 2.24) is 15.0 Å². The first-order chi connectivity index (χ1) is 30.0. The Morgan fingerprint density at radius 1 is 0.742 bits per heavy atom. The highest BCUT2D eigenvalue weighted by Gasteiger charge is 2.39. The van der Waals surface area contributed by atoms with Gasteiger partial charge in [0, 0.05) is 43.9 Å². The number of esters is 3. The number of methoxy groups -OCH3 is 3. The fourth-order valence-electron chi connectivity index (χ4n) is 6.81. The Hall–Kier alpha value is -6.56. The molecule has 4 aromatic rings. The highest BCUT2D eigenvalue weighted by atomic mass is 32.2. The van der Waals surface area contributed by atoms with Gasteiger partial charge in [-0.05, 0) is 29.2 Å². The van der Waals surface area contributed by atoms with Crippen molar-refractivity contribution in [2.45, 2.75) is 9.92 Å². The molecule has 1 saturated heterocycles. The summed E-state index contributed by atoms with van der Waals surface area (Å²) in [5.74, 6) is -1.28. The molecule has 0 atom stereocenters. The predicted molar refractivity (Wildman–Crippen MR) is 206 cm³/mol. The van der Waals surface area contributed by atoms with Crippen LogP contribution in [0.2, 0.25) is 0 Å². The van der Waals surface area contributed by atoms with Gasteiger partial charge in [0.05, 0.1) is 62.3 Å². The molecule has 22 nitrogen and oxygen atoms in total. The van der Waals surface area contributed by atoms with Crippen molar-refractivity contribution in [3.05, 3.63) is 58.8 Å². The van der Waals surface area contributed by atoms with E-state index in [-0.39, 0.29) is 120 Å². The van der Waals surface area contributed by atoms with Gasteiger partial charge in [-0.1, -0.05) is 18.2 Å². The molecule has 0 amide bonds. The van der Waals surface area contributed by atoms with Gasteiger partial charge >= 0.3 is 28.8 Å². The maximum absolute atomic E-state index is 13.9. The Morgan fingerprint density at radius 2 is 1.32 bits per heavy atom. The average molecular weight is 887 g/mol. The summed E-state index contributed by atoms with van der Waals surface area (Å²) in [4.78, 5) is 43.2. The van der Waals surface area contributed by atoms with Gasteiger partial charge in [0.25, 0.3) is 9.84 Å². The minimum absolute atomic E-state index is 0.0107. The molecule has 0 radical (unpaired) electrons. The summed E-state index contributed by atoms with van der Waals surface area (Å²) in [5.41, 5.74) is 0.343. The van der Waals surface area contributed by atoms with E-state index in [9.17, 15) is 28.0 Å². The fourth-order valence-corrected chi connectivity index (χ4v) is 8.10. The van der Waals surface area contributed by atoms with Crippen LogP contribution < -0.4 is 38.1 Å². The van der Waals surface area contributed by atoms with Gasteiger partial charge in [0.2, 0.25) is 25.1 Å². The van der Waals surface area contributed by atoms with Gasteiger partial charge < -0.3 is 57.3 Å². The molecule has 1 fully saturated rings. The zero-order valence-electron chi connectivity index (χ0n) is 33.8. The predicted octanol–water partition coefficient (Wildman–Crippen LogP) is 1.48. The zero-order chi connectivity index (χ0) is 43.8. The molecule has 3 aliphatic heterocycles. The largest absolute Gasteiger partial charge is 0.493 e. The van der Waals surface area contributed by atoms with Crippen molar-refractivity contribution in [2.75, 3.05) is 107 Å². The number of ether oxygens (including phenoxy) is 11. The number of nitrogens with zero attached hydrogens (tertiary/aromatic N) is 4. The van der Waals surface area contributed by atoms with Crippen molar-refractivity contribution in [2.24, 2.45) is 0 Å². The molecule has 3 aliphatic rings. The molecule has 4 heterocycles. The number of rotatable bonds is 19. The molecule has 0 unspecified atom stereocenters. The standard InChI is InChI=1S/C39H42N4O18S/c1-50-27-19-25(38(45)52-3)30(34-32(27)57-22-59-34)31-26(20-28(51-2)33-35(31)60-23-58-33)39(46)56-14-13-41-9-11-42(12-10-41)21-29(44)54-17-15-53-16-18-55-36-37(43(47)61-40-36)62(48,49)24-7-5-4-6-8-24/h4-8,19-20H,9-18,21-23H2,1-3H3. The second-order valence-corrected chi connectivity index (χ2v) is 15.3. The van der Waals surface area contributed by atoms with E-state index < -0.39 is 38.7 Å². The Balaban J connectivity index is 0.863. The summed E-state index contributed by atoms with van der Waals surface area (Å²) in [6.45, 7) is 2.19. The van der Waals surface area contributed by atoms with Gasteiger partial charge in [-0.25, -0.2) is 18.0 Å². The number of fused-ring (bicyclic) bond motifs is 2. The van der Waals surface area contributed by atoms with E-state index in [4.69, 9.17) is 52.1 Å². The third kappa shape index (κ3) is 9.19. The number of hydrogen-bond donors (Lipinski definition) is 0. The van der Waals surface area contributed by atoms with Gasteiger partial charge in [0.15, 0.2) is 23.0 Å². The Morgan fingerprint density at radius 3 is 1.94 bits per heavy atom. The lowest BCUT2D eigenvalue weighted by molar-refractivity contribution is -0.832. The lowest BCUT2D eigenvalue weighted by atomic mass is 9.92. The number of benzene rings is 3. The maximum atomic E-state index is 13.9. The SMILES string of the molecule is COC(=O)c1cc(OC)c2c(c1-c1c(C(=O)OCCN3CCN(CC(=O)OCCOCCOc4no[n+]([O-])c4S(=O)(=O)c4ccccc4)CC3)cc(OC)c3c1OCO3)OCO2. The van der Waals surface area contributed by atoms with Gasteiger partial charge in [-0.2, -0.15) is 0 Å².